The first-order valence-electron chi connectivity index (χ1n) is 7.37. The molecule has 4 amide bonds. The van der Waals surface area contributed by atoms with Crippen molar-refractivity contribution in [3.8, 4) is 0 Å². The van der Waals surface area contributed by atoms with Crippen LogP contribution in [0.3, 0.4) is 0 Å². The van der Waals surface area contributed by atoms with E-state index in [1.165, 1.54) is 9.80 Å². The second-order valence-electron chi connectivity index (χ2n) is 5.39. The number of hydrogen-bond acceptors (Lipinski definition) is 4. The summed E-state index contributed by atoms with van der Waals surface area (Å²) in [6.07, 6.45) is 3.35. The van der Waals surface area contributed by atoms with Crippen molar-refractivity contribution in [3.05, 3.63) is 0 Å². The maximum absolute atomic E-state index is 11.9. The maximum atomic E-state index is 11.9. The van der Waals surface area contributed by atoms with Gasteiger partial charge in [0.25, 0.3) is 0 Å². The Labute approximate surface area is 125 Å². The molecule has 120 valence electrons. The van der Waals surface area contributed by atoms with Crippen molar-refractivity contribution < 1.29 is 19.5 Å². The summed E-state index contributed by atoms with van der Waals surface area (Å²) in [7, 11) is 3.34. The van der Waals surface area contributed by atoms with E-state index in [0.717, 1.165) is 19.3 Å². The van der Waals surface area contributed by atoms with Crippen molar-refractivity contribution in [1.29, 1.82) is 0 Å². The number of imide groups is 1. The summed E-state index contributed by atoms with van der Waals surface area (Å²) in [6.45, 7) is 1.27. The van der Waals surface area contributed by atoms with Crippen LogP contribution < -0.4 is 0 Å². The average molecular weight is 299 g/mol. The van der Waals surface area contributed by atoms with Gasteiger partial charge < -0.3 is 14.9 Å². The summed E-state index contributed by atoms with van der Waals surface area (Å²) in [5, 5.41) is 8.68. The Kier molecular flexibility index (Phi) is 7.14. The number of aliphatic hydroxyl groups is 1. The van der Waals surface area contributed by atoms with E-state index in [9.17, 15) is 14.4 Å². The Bertz CT molecular complexity index is 386. The molecule has 0 bridgehead atoms. The summed E-state index contributed by atoms with van der Waals surface area (Å²) >= 11 is 0. The lowest BCUT2D eigenvalue weighted by molar-refractivity contribution is -0.131. The molecular weight excluding hydrogens is 274 g/mol. The third kappa shape index (κ3) is 5.34. The van der Waals surface area contributed by atoms with Crippen LogP contribution in [0.15, 0.2) is 0 Å². The van der Waals surface area contributed by atoms with Crippen LogP contribution in [-0.2, 0) is 9.59 Å². The van der Waals surface area contributed by atoms with Crippen LogP contribution in [0, 0.1) is 0 Å². The van der Waals surface area contributed by atoms with E-state index < -0.39 is 0 Å². The lowest BCUT2D eigenvalue weighted by Gasteiger charge is -2.18. The molecule has 0 saturated carbocycles. The van der Waals surface area contributed by atoms with E-state index in [1.807, 2.05) is 0 Å². The van der Waals surface area contributed by atoms with Crippen LogP contribution >= 0.6 is 0 Å². The molecule has 0 aliphatic carbocycles. The van der Waals surface area contributed by atoms with Gasteiger partial charge in [0.1, 0.15) is 6.54 Å². The number of unbranched alkanes of at least 4 members (excludes halogenated alkanes) is 2. The third-order valence-electron chi connectivity index (χ3n) is 3.58. The van der Waals surface area contributed by atoms with Gasteiger partial charge in [0, 0.05) is 40.2 Å². The van der Waals surface area contributed by atoms with Gasteiger partial charge in [0.2, 0.25) is 11.8 Å². The van der Waals surface area contributed by atoms with E-state index >= 15 is 0 Å². The molecule has 1 rings (SSSR count). The topological polar surface area (TPSA) is 81.2 Å². The highest BCUT2D eigenvalue weighted by Gasteiger charge is 2.32. The molecule has 0 unspecified atom stereocenters. The standard InChI is InChI=1S/C14H25N3O4/c1-15(8-4-3-5-10-18)12(19)7-6-9-17-13(20)11-16(2)14(17)21/h18H,3-11H2,1-2H3. The van der Waals surface area contributed by atoms with Gasteiger partial charge in [-0.3, -0.25) is 14.5 Å². The van der Waals surface area contributed by atoms with Crippen molar-refractivity contribution in [2.45, 2.75) is 32.1 Å². The number of amides is 4. The maximum Gasteiger partial charge on any atom is 0.326 e. The molecule has 1 fully saturated rings. The van der Waals surface area contributed by atoms with Crippen LogP contribution in [0.4, 0.5) is 4.79 Å². The van der Waals surface area contributed by atoms with Crippen LogP contribution in [0.5, 0.6) is 0 Å². The van der Waals surface area contributed by atoms with Gasteiger partial charge in [-0.05, 0) is 25.7 Å². The van der Waals surface area contributed by atoms with Crippen LogP contribution in [0.25, 0.3) is 0 Å². The zero-order valence-corrected chi connectivity index (χ0v) is 12.9. The van der Waals surface area contributed by atoms with Crippen molar-refractivity contribution in [2.75, 3.05) is 40.3 Å². The first-order chi connectivity index (χ1) is 9.97. The molecule has 0 radical (unpaired) electrons. The highest BCUT2D eigenvalue weighted by atomic mass is 16.3. The number of carbonyl (C=O) groups is 3. The first kappa shape index (κ1) is 17.4. The summed E-state index contributed by atoms with van der Waals surface area (Å²) < 4.78 is 0. The molecule has 1 aliphatic heterocycles. The number of hydrogen-bond donors (Lipinski definition) is 1. The van der Waals surface area contributed by atoms with Crippen molar-refractivity contribution >= 4 is 17.8 Å². The fourth-order valence-corrected chi connectivity index (χ4v) is 2.23. The largest absolute Gasteiger partial charge is 0.396 e. The highest BCUT2D eigenvalue weighted by molar-refractivity contribution is 6.01. The van der Waals surface area contributed by atoms with E-state index in [2.05, 4.69) is 0 Å². The SMILES string of the molecule is CN(CCCCCO)C(=O)CCCN1C(=O)CN(C)C1=O. The van der Waals surface area contributed by atoms with Crippen LogP contribution in [0.2, 0.25) is 0 Å². The third-order valence-corrected chi connectivity index (χ3v) is 3.58. The van der Waals surface area contributed by atoms with Gasteiger partial charge >= 0.3 is 6.03 Å². The monoisotopic (exact) mass is 299 g/mol. The van der Waals surface area contributed by atoms with Gasteiger partial charge in [-0.1, -0.05) is 0 Å². The first-order valence-corrected chi connectivity index (χ1v) is 7.37. The number of likely N-dealkylation sites (N-methyl/N-ethyl adjacent to an activating group) is 1. The Morgan fingerprint density at radius 3 is 2.52 bits per heavy atom. The molecule has 0 aromatic carbocycles. The Morgan fingerprint density at radius 1 is 1.24 bits per heavy atom. The summed E-state index contributed by atoms with van der Waals surface area (Å²) in [6, 6.07) is -0.287. The number of carbonyl (C=O) groups excluding carboxylic acids is 3. The minimum absolute atomic E-state index is 0.0199. The van der Waals surface area contributed by atoms with Gasteiger partial charge in [0.05, 0.1) is 0 Å². The molecule has 21 heavy (non-hydrogen) atoms. The lowest BCUT2D eigenvalue weighted by Crippen LogP contribution is -2.34. The molecule has 0 aromatic rings. The summed E-state index contributed by atoms with van der Waals surface area (Å²) in [4.78, 5) is 39.3. The Hall–Kier alpha value is -1.63. The second kappa shape index (κ2) is 8.61. The van der Waals surface area contributed by atoms with Gasteiger partial charge in [-0.15, -0.1) is 0 Å². The quantitative estimate of drug-likeness (QED) is 0.490. The average Bonchev–Trinajstić information content (AvgIpc) is 2.69. The molecular formula is C14H25N3O4. The molecule has 0 spiro atoms. The normalized spacial score (nSPS) is 15.0. The fourth-order valence-electron chi connectivity index (χ4n) is 2.23. The molecule has 0 aromatic heterocycles. The van der Waals surface area contributed by atoms with Gasteiger partial charge in [-0.25, -0.2) is 4.79 Å². The minimum Gasteiger partial charge on any atom is -0.396 e. The predicted molar refractivity (Wildman–Crippen MR) is 77.5 cm³/mol. The van der Waals surface area contributed by atoms with Gasteiger partial charge in [0.15, 0.2) is 0 Å². The number of nitrogens with zero attached hydrogens (tertiary/aromatic N) is 3. The highest BCUT2D eigenvalue weighted by Crippen LogP contribution is 2.09. The van der Waals surface area contributed by atoms with Crippen molar-refractivity contribution in [1.82, 2.24) is 14.7 Å². The minimum atomic E-state index is -0.287. The lowest BCUT2D eigenvalue weighted by atomic mass is 10.2. The molecule has 1 aliphatic rings. The zero-order valence-electron chi connectivity index (χ0n) is 12.9. The zero-order chi connectivity index (χ0) is 15.8. The molecule has 1 saturated heterocycles. The summed E-state index contributed by atoms with van der Waals surface area (Å²) in [5.41, 5.74) is 0. The summed E-state index contributed by atoms with van der Waals surface area (Å²) in [5.74, 6) is -0.182. The van der Waals surface area contributed by atoms with E-state index in [4.69, 9.17) is 5.11 Å². The van der Waals surface area contributed by atoms with Crippen LogP contribution in [0.1, 0.15) is 32.1 Å². The molecule has 7 nitrogen and oxygen atoms in total. The van der Waals surface area contributed by atoms with E-state index in [1.54, 1.807) is 19.0 Å². The second-order valence-corrected chi connectivity index (χ2v) is 5.39. The smallest absolute Gasteiger partial charge is 0.326 e. The molecule has 1 N–H and O–H groups in total. The number of urea groups is 1. The molecule has 7 heteroatoms. The number of aliphatic hydroxyl groups excluding tert-OH is 1. The molecule has 0 atom stereocenters. The van der Waals surface area contributed by atoms with Crippen molar-refractivity contribution in [3.63, 3.8) is 0 Å². The van der Waals surface area contributed by atoms with Crippen LogP contribution in [-0.4, -0.2) is 78.0 Å². The number of rotatable bonds is 9. The van der Waals surface area contributed by atoms with E-state index in [0.29, 0.717) is 25.9 Å². The predicted octanol–water partition coefficient (Wildman–Crippen LogP) is 0.282. The van der Waals surface area contributed by atoms with Crippen molar-refractivity contribution in [2.24, 2.45) is 0 Å². The Balaban J connectivity index is 2.21. The van der Waals surface area contributed by atoms with Gasteiger partial charge in [-0.2, -0.15) is 0 Å². The van der Waals surface area contributed by atoms with E-state index in [-0.39, 0.29) is 31.0 Å². The molecule has 1 heterocycles. The fraction of sp³-hybridized carbons (Fsp3) is 0.786. The Morgan fingerprint density at radius 2 is 1.95 bits per heavy atom.